The van der Waals surface area contributed by atoms with E-state index in [4.69, 9.17) is 15.2 Å². The SMILES string of the molecule is COc1cc(C2CC(CN)CN2C)c(OC)cc1C(C)C. The lowest BCUT2D eigenvalue weighted by Crippen LogP contribution is -2.21. The molecule has 21 heavy (non-hydrogen) atoms. The number of methoxy groups -OCH3 is 2. The third-order valence-electron chi connectivity index (χ3n) is 4.53. The first-order valence-electron chi connectivity index (χ1n) is 7.67. The van der Waals surface area contributed by atoms with Crippen LogP contribution in [0.3, 0.4) is 0 Å². The molecule has 1 aromatic carbocycles. The second-order valence-electron chi connectivity index (χ2n) is 6.28. The van der Waals surface area contributed by atoms with Crippen molar-refractivity contribution in [2.45, 2.75) is 32.2 Å². The van der Waals surface area contributed by atoms with Crippen LogP contribution in [0.25, 0.3) is 0 Å². The van der Waals surface area contributed by atoms with E-state index in [0.717, 1.165) is 31.0 Å². The molecule has 1 heterocycles. The summed E-state index contributed by atoms with van der Waals surface area (Å²) in [7, 11) is 5.63. The van der Waals surface area contributed by atoms with Gasteiger partial charge >= 0.3 is 0 Å². The Hall–Kier alpha value is -1.26. The lowest BCUT2D eigenvalue weighted by molar-refractivity contribution is 0.301. The van der Waals surface area contributed by atoms with E-state index in [1.807, 2.05) is 0 Å². The largest absolute Gasteiger partial charge is 0.496 e. The molecule has 0 bridgehead atoms. The Morgan fingerprint density at radius 2 is 1.90 bits per heavy atom. The van der Waals surface area contributed by atoms with E-state index in [2.05, 4.69) is 37.9 Å². The van der Waals surface area contributed by atoms with Gasteiger partial charge in [0.25, 0.3) is 0 Å². The van der Waals surface area contributed by atoms with Crippen LogP contribution < -0.4 is 15.2 Å². The predicted molar refractivity (Wildman–Crippen MR) is 86.2 cm³/mol. The summed E-state index contributed by atoms with van der Waals surface area (Å²) in [5.74, 6) is 2.86. The van der Waals surface area contributed by atoms with Crippen LogP contribution in [0.5, 0.6) is 11.5 Å². The van der Waals surface area contributed by atoms with Crippen molar-refractivity contribution >= 4 is 0 Å². The summed E-state index contributed by atoms with van der Waals surface area (Å²) >= 11 is 0. The fourth-order valence-electron chi connectivity index (χ4n) is 3.30. The smallest absolute Gasteiger partial charge is 0.124 e. The van der Waals surface area contributed by atoms with Crippen LogP contribution in [0.2, 0.25) is 0 Å². The molecule has 4 heteroatoms. The molecule has 0 radical (unpaired) electrons. The second-order valence-corrected chi connectivity index (χ2v) is 6.28. The number of hydrogen-bond donors (Lipinski definition) is 1. The maximum Gasteiger partial charge on any atom is 0.124 e. The van der Waals surface area contributed by atoms with E-state index >= 15 is 0 Å². The summed E-state index contributed by atoms with van der Waals surface area (Å²) in [4.78, 5) is 2.36. The highest BCUT2D eigenvalue weighted by molar-refractivity contribution is 5.49. The molecule has 1 aliphatic heterocycles. The van der Waals surface area contributed by atoms with E-state index < -0.39 is 0 Å². The van der Waals surface area contributed by atoms with Crippen LogP contribution in [-0.2, 0) is 0 Å². The first-order valence-corrected chi connectivity index (χ1v) is 7.67. The summed E-state index contributed by atoms with van der Waals surface area (Å²) in [6, 6.07) is 4.63. The fourth-order valence-corrected chi connectivity index (χ4v) is 3.30. The summed E-state index contributed by atoms with van der Waals surface area (Å²) in [6.07, 6.45) is 1.08. The zero-order valence-corrected chi connectivity index (χ0v) is 13.8. The van der Waals surface area contributed by atoms with Gasteiger partial charge < -0.3 is 15.2 Å². The quantitative estimate of drug-likeness (QED) is 0.906. The molecule has 0 aliphatic carbocycles. The van der Waals surface area contributed by atoms with E-state index in [1.54, 1.807) is 14.2 Å². The molecule has 2 rings (SSSR count). The minimum atomic E-state index is 0.351. The number of hydrogen-bond acceptors (Lipinski definition) is 4. The van der Waals surface area contributed by atoms with Gasteiger partial charge in [0, 0.05) is 23.7 Å². The highest BCUT2D eigenvalue weighted by atomic mass is 16.5. The van der Waals surface area contributed by atoms with Crippen LogP contribution in [-0.4, -0.2) is 39.3 Å². The van der Waals surface area contributed by atoms with Gasteiger partial charge in [-0.1, -0.05) is 13.8 Å². The number of likely N-dealkylation sites (tertiary alicyclic amines) is 1. The third-order valence-corrected chi connectivity index (χ3v) is 4.53. The van der Waals surface area contributed by atoms with Crippen molar-refractivity contribution in [1.29, 1.82) is 0 Å². The Kier molecular flexibility index (Phi) is 5.12. The number of nitrogens with two attached hydrogens (primary N) is 1. The van der Waals surface area contributed by atoms with Gasteiger partial charge in [0.05, 0.1) is 14.2 Å². The summed E-state index contributed by atoms with van der Waals surface area (Å²) in [5.41, 5.74) is 8.24. The van der Waals surface area contributed by atoms with Gasteiger partial charge in [-0.05, 0) is 44.0 Å². The van der Waals surface area contributed by atoms with Gasteiger partial charge in [-0.2, -0.15) is 0 Å². The van der Waals surface area contributed by atoms with Crippen molar-refractivity contribution in [1.82, 2.24) is 4.90 Å². The minimum Gasteiger partial charge on any atom is -0.496 e. The third kappa shape index (κ3) is 3.16. The maximum atomic E-state index is 5.84. The fraction of sp³-hybridized carbons (Fsp3) is 0.647. The number of benzene rings is 1. The van der Waals surface area contributed by atoms with Crippen molar-refractivity contribution < 1.29 is 9.47 Å². The molecule has 118 valence electrons. The van der Waals surface area contributed by atoms with Crippen molar-refractivity contribution in [3.63, 3.8) is 0 Å². The van der Waals surface area contributed by atoms with E-state index in [9.17, 15) is 0 Å². The molecule has 0 saturated carbocycles. The van der Waals surface area contributed by atoms with Gasteiger partial charge in [0.15, 0.2) is 0 Å². The Labute approximate surface area is 128 Å². The van der Waals surface area contributed by atoms with Gasteiger partial charge in [-0.25, -0.2) is 0 Å². The average molecular weight is 292 g/mol. The number of ether oxygens (including phenoxy) is 2. The van der Waals surface area contributed by atoms with Gasteiger partial charge in [-0.3, -0.25) is 4.90 Å². The first-order chi connectivity index (χ1) is 10.0. The van der Waals surface area contributed by atoms with E-state index in [-0.39, 0.29) is 0 Å². The predicted octanol–water partition coefficient (Wildman–Crippen LogP) is 2.78. The monoisotopic (exact) mass is 292 g/mol. The molecule has 0 amide bonds. The molecular weight excluding hydrogens is 264 g/mol. The molecule has 4 nitrogen and oxygen atoms in total. The molecule has 2 unspecified atom stereocenters. The van der Waals surface area contributed by atoms with Crippen molar-refractivity contribution in [3.05, 3.63) is 23.3 Å². The van der Waals surface area contributed by atoms with Crippen molar-refractivity contribution in [2.24, 2.45) is 11.7 Å². The molecule has 1 aliphatic rings. The zero-order chi connectivity index (χ0) is 15.6. The minimum absolute atomic E-state index is 0.351. The van der Waals surface area contributed by atoms with Crippen molar-refractivity contribution in [2.75, 3.05) is 34.4 Å². The molecule has 2 atom stereocenters. The van der Waals surface area contributed by atoms with Crippen molar-refractivity contribution in [3.8, 4) is 11.5 Å². The molecular formula is C17H28N2O2. The highest BCUT2D eigenvalue weighted by Crippen LogP contribution is 2.42. The van der Waals surface area contributed by atoms with E-state index in [1.165, 1.54) is 11.1 Å². The maximum absolute atomic E-state index is 5.84. The molecule has 0 aromatic heterocycles. The highest BCUT2D eigenvalue weighted by Gasteiger charge is 2.32. The van der Waals surface area contributed by atoms with Crippen LogP contribution in [0.15, 0.2) is 12.1 Å². The summed E-state index contributed by atoms with van der Waals surface area (Å²) in [5, 5.41) is 0. The van der Waals surface area contributed by atoms with Crippen LogP contribution in [0, 0.1) is 5.92 Å². The number of rotatable bonds is 5. The van der Waals surface area contributed by atoms with Gasteiger partial charge in [-0.15, -0.1) is 0 Å². The molecule has 0 spiro atoms. The molecule has 1 saturated heterocycles. The zero-order valence-electron chi connectivity index (χ0n) is 13.8. The van der Waals surface area contributed by atoms with E-state index in [0.29, 0.717) is 17.9 Å². The normalized spacial score (nSPS) is 22.8. The Bertz CT molecular complexity index is 488. The van der Waals surface area contributed by atoms with Crippen LogP contribution >= 0.6 is 0 Å². The Balaban J connectivity index is 2.43. The van der Waals surface area contributed by atoms with Gasteiger partial charge in [0.1, 0.15) is 11.5 Å². The standard InChI is InChI=1S/C17H28N2O2/c1-11(2)13-7-17(21-5)14(8-16(13)20-4)15-6-12(9-18)10-19(15)3/h7-8,11-12,15H,6,9-10,18H2,1-5H3. The Morgan fingerprint density at radius 3 is 2.38 bits per heavy atom. The summed E-state index contributed by atoms with van der Waals surface area (Å²) < 4.78 is 11.2. The van der Waals surface area contributed by atoms with Crippen LogP contribution in [0.4, 0.5) is 0 Å². The topological polar surface area (TPSA) is 47.7 Å². The van der Waals surface area contributed by atoms with Gasteiger partial charge in [0.2, 0.25) is 0 Å². The second kappa shape index (κ2) is 6.67. The molecule has 2 N–H and O–H groups in total. The number of nitrogens with zero attached hydrogens (tertiary/aromatic N) is 1. The Morgan fingerprint density at radius 1 is 1.24 bits per heavy atom. The molecule has 1 fully saturated rings. The summed E-state index contributed by atoms with van der Waals surface area (Å²) in [6.45, 7) is 6.12. The first kappa shape index (κ1) is 16.1. The molecule has 1 aromatic rings. The lowest BCUT2D eigenvalue weighted by atomic mass is 9.94. The van der Waals surface area contributed by atoms with Crippen LogP contribution in [0.1, 0.15) is 43.4 Å². The lowest BCUT2D eigenvalue weighted by Gasteiger charge is -2.24. The average Bonchev–Trinajstić information content (AvgIpc) is 2.86.